The van der Waals surface area contributed by atoms with Crippen molar-refractivity contribution in [2.45, 2.75) is 4.90 Å². The molecule has 3 aromatic rings. The van der Waals surface area contributed by atoms with Crippen molar-refractivity contribution in [2.24, 2.45) is 0 Å². The predicted molar refractivity (Wildman–Crippen MR) is 85.9 cm³/mol. The second kappa shape index (κ2) is 5.81. The Bertz CT molecular complexity index is 795. The number of aromatic nitrogens is 1. The minimum absolute atomic E-state index is 1.03. The number of hydrogen-bond acceptors (Lipinski definition) is 2. The highest BCUT2D eigenvalue weighted by Crippen LogP contribution is 2.15. The molecule has 0 spiro atoms. The first-order valence-corrected chi connectivity index (χ1v) is 7.57. The number of fused-ring (bicyclic) bond motifs is 1. The van der Waals surface area contributed by atoms with Gasteiger partial charge in [-0.2, -0.15) is 0 Å². The molecule has 0 bridgehead atoms. The number of rotatable bonds is 1. The third kappa shape index (κ3) is 2.84. The van der Waals surface area contributed by atoms with E-state index in [4.69, 9.17) is 0 Å². The van der Waals surface area contributed by atoms with Gasteiger partial charge in [-0.15, -0.1) is 11.8 Å². The topological polar surface area (TPSA) is 12.9 Å². The van der Waals surface area contributed by atoms with Crippen LogP contribution in [0.1, 0.15) is 11.1 Å². The largest absolute Gasteiger partial charge is 0.264 e. The van der Waals surface area contributed by atoms with Crippen LogP contribution in [0.5, 0.6) is 0 Å². The molecule has 0 saturated heterocycles. The fraction of sp³-hybridized carbons (Fsp3) is 0.0556. The van der Waals surface area contributed by atoms with Crippen LogP contribution < -0.4 is 0 Å². The lowest BCUT2D eigenvalue weighted by molar-refractivity contribution is 1.36. The molecule has 1 nitrogen and oxygen atoms in total. The third-order valence-electron chi connectivity index (χ3n) is 3.08. The molecular formula is C18H13NS. The van der Waals surface area contributed by atoms with Gasteiger partial charge >= 0.3 is 0 Å². The van der Waals surface area contributed by atoms with Gasteiger partial charge in [-0.05, 0) is 54.1 Å². The minimum Gasteiger partial charge on any atom is -0.264 e. The number of hydrogen-bond donors (Lipinski definition) is 0. The zero-order valence-electron chi connectivity index (χ0n) is 11.1. The van der Waals surface area contributed by atoms with Gasteiger partial charge in [0.15, 0.2) is 0 Å². The predicted octanol–water partition coefficient (Wildman–Crippen LogP) is 4.36. The summed E-state index contributed by atoms with van der Waals surface area (Å²) >= 11 is 1.74. The van der Waals surface area contributed by atoms with E-state index in [9.17, 15) is 0 Å². The van der Waals surface area contributed by atoms with Crippen LogP contribution in [-0.2, 0) is 0 Å². The Morgan fingerprint density at radius 2 is 1.60 bits per heavy atom. The molecule has 96 valence electrons. The third-order valence-corrected chi connectivity index (χ3v) is 3.83. The lowest BCUT2D eigenvalue weighted by atomic mass is 10.1. The number of thioether (sulfide) groups is 1. The van der Waals surface area contributed by atoms with Crippen molar-refractivity contribution in [3.63, 3.8) is 0 Å². The van der Waals surface area contributed by atoms with Crippen molar-refractivity contribution in [2.75, 3.05) is 6.26 Å². The van der Waals surface area contributed by atoms with Crippen LogP contribution in [0.2, 0.25) is 0 Å². The average molecular weight is 275 g/mol. The second-order valence-corrected chi connectivity index (χ2v) is 5.30. The molecule has 0 amide bonds. The summed E-state index contributed by atoms with van der Waals surface area (Å²) in [5.74, 6) is 6.42. The standard InChI is InChI=1S/C18H13NS/c1-20-18-8-5-14(6-9-18)2-3-15-4-7-17-13-19-11-10-16(17)12-15/h4-13H,1H3. The van der Waals surface area contributed by atoms with Gasteiger partial charge in [0.2, 0.25) is 0 Å². The summed E-state index contributed by atoms with van der Waals surface area (Å²) in [6.45, 7) is 0. The molecule has 1 heterocycles. The maximum atomic E-state index is 4.11. The van der Waals surface area contributed by atoms with Crippen LogP contribution in [0.15, 0.2) is 65.8 Å². The van der Waals surface area contributed by atoms with Gasteiger partial charge in [0.05, 0.1) is 0 Å². The van der Waals surface area contributed by atoms with E-state index in [-0.39, 0.29) is 0 Å². The summed E-state index contributed by atoms with van der Waals surface area (Å²) in [5.41, 5.74) is 2.07. The highest BCUT2D eigenvalue weighted by molar-refractivity contribution is 7.98. The Kier molecular flexibility index (Phi) is 3.71. The fourth-order valence-corrected chi connectivity index (χ4v) is 2.39. The maximum absolute atomic E-state index is 4.11. The van der Waals surface area contributed by atoms with Crippen molar-refractivity contribution in [3.05, 3.63) is 72.1 Å². The molecule has 2 aromatic carbocycles. The summed E-state index contributed by atoms with van der Waals surface area (Å²) < 4.78 is 0. The van der Waals surface area contributed by atoms with Crippen LogP contribution in [0, 0.1) is 11.8 Å². The maximum Gasteiger partial charge on any atom is 0.0346 e. The molecule has 0 aliphatic carbocycles. The first-order chi connectivity index (χ1) is 9.85. The molecular weight excluding hydrogens is 262 g/mol. The van der Waals surface area contributed by atoms with E-state index >= 15 is 0 Å². The first kappa shape index (κ1) is 12.8. The number of benzene rings is 2. The molecule has 0 radical (unpaired) electrons. The second-order valence-electron chi connectivity index (χ2n) is 4.42. The molecule has 0 atom stereocenters. The van der Waals surface area contributed by atoms with E-state index in [0.29, 0.717) is 0 Å². The lowest BCUT2D eigenvalue weighted by Crippen LogP contribution is -1.79. The molecule has 0 aliphatic rings. The Morgan fingerprint density at radius 3 is 2.40 bits per heavy atom. The highest BCUT2D eigenvalue weighted by Gasteiger charge is 1.94. The molecule has 1 aromatic heterocycles. The van der Waals surface area contributed by atoms with E-state index in [2.05, 4.69) is 59.5 Å². The van der Waals surface area contributed by atoms with E-state index in [1.54, 1.807) is 18.0 Å². The van der Waals surface area contributed by atoms with E-state index < -0.39 is 0 Å². The first-order valence-electron chi connectivity index (χ1n) is 6.35. The van der Waals surface area contributed by atoms with Crippen LogP contribution in [0.3, 0.4) is 0 Å². The average Bonchev–Trinajstić information content (AvgIpc) is 2.53. The van der Waals surface area contributed by atoms with E-state index in [1.165, 1.54) is 10.3 Å². The molecule has 0 unspecified atom stereocenters. The van der Waals surface area contributed by atoms with Gasteiger partial charge < -0.3 is 0 Å². The zero-order valence-corrected chi connectivity index (χ0v) is 11.9. The monoisotopic (exact) mass is 275 g/mol. The number of pyridine rings is 1. The summed E-state index contributed by atoms with van der Waals surface area (Å²) in [4.78, 5) is 5.37. The molecule has 3 rings (SSSR count). The minimum atomic E-state index is 1.03. The van der Waals surface area contributed by atoms with Gasteiger partial charge in [-0.25, -0.2) is 0 Å². The van der Waals surface area contributed by atoms with Gasteiger partial charge in [-0.3, -0.25) is 4.98 Å². The molecule has 2 heteroatoms. The van der Waals surface area contributed by atoms with E-state index in [1.807, 2.05) is 18.3 Å². The van der Waals surface area contributed by atoms with Gasteiger partial charge in [0.1, 0.15) is 0 Å². The summed E-state index contributed by atoms with van der Waals surface area (Å²) in [6.07, 6.45) is 5.75. The zero-order chi connectivity index (χ0) is 13.8. The molecule has 0 aliphatic heterocycles. The Balaban J connectivity index is 1.90. The van der Waals surface area contributed by atoms with Crippen LogP contribution in [0.4, 0.5) is 0 Å². The van der Waals surface area contributed by atoms with E-state index in [0.717, 1.165) is 16.5 Å². The van der Waals surface area contributed by atoms with Crippen LogP contribution in [-0.4, -0.2) is 11.2 Å². The van der Waals surface area contributed by atoms with Crippen molar-refractivity contribution in [3.8, 4) is 11.8 Å². The van der Waals surface area contributed by atoms with Gasteiger partial charge in [0.25, 0.3) is 0 Å². The normalized spacial score (nSPS) is 10.1. The van der Waals surface area contributed by atoms with Crippen molar-refractivity contribution < 1.29 is 0 Å². The van der Waals surface area contributed by atoms with Gasteiger partial charge in [-0.1, -0.05) is 17.9 Å². The van der Waals surface area contributed by atoms with Crippen molar-refractivity contribution in [1.29, 1.82) is 0 Å². The van der Waals surface area contributed by atoms with Crippen molar-refractivity contribution in [1.82, 2.24) is 4.98 Å². The van der Waals surface area contributed by atoms with Gasteiger partial charge in [0, 0.05) is 33.8 Å². The SMILES string of the molecule is CSc1ccc(C#Cc2ccc3cnccc3c2)cc1. The smallest absolute Gasteiger partial charge is 0.0346 e. The Morgan fingerprint density at radius 1 is 0.850 bits per heavy atom. The Hall–Kier alpha value is -2.24. The summed E-state index contributed by atoms with van der Waals surface area (Å²) in [6, 6.07) is 16.5. The van der Waals surface area contributed by atoms with Crippen molar-refractivity contribution >= 4 is 22.5 Å². The molecule has 0 saturated carbocycles. The summed E-state index contributed by atoms with van der Waals surface area (Å²) in [7, 11) is 0. The number of nitrogens with zero attached hydrogens (tertiary/aromatic N) is 1. The summed E-state index contributed by atoms with van der Waals surface area (Å²) in [5, 5.41) is 2.31. The van der Waals surface area contributed by atoms with Crippen LogP contribution >= 0.6 is 11.8 Å². The Labute approximate surface area is 123 Å². The molecule has 20 heavy (non-hydrogen) atoms. The molecule has 0 fully saturated rings. The lowest BCUT2D eigenvalue weighted by Gasteiger charge is -1.97. The van der Waals surface area contributed by atoms with Crippen LogP contribution in [0.25, 0.3) is 10.8 Å². The quantitative estimate of drug-likeness (QED) is 0.483. The fourth-order valence-electron chi connectivity index (χ4n) is 1.98. The highest BCUT2D eigenvalue weighted by atomic mass is 32.2. The molecule has 0 N–H and O–H groups in total.